The summed E-state index contributed by atoms with van der Waals surface area (Å²) in [6.45, 7) is 3.52. The first kappa shape index (κ1) is 15.5. The molecule has 0 fully saturated rings. The normalized spacial score (nSPS) is 11.8. The smallest absolute Gasteiger partial charge is 0.0475 e. The predicted octanol–water partition coefficient (Wildman–Crippen LogP) is 4.79. The molecule has 0 aliphatic carbocycles. The number of halogens is 3. The van der Waals surface area contributed by atoms with Crippen LogP contribution in [0.25, 0.3) is 0 Å². The van der Waals surface area contributed by atoms with Gasteiger partial charge in [0.2, 0.25) is 0 Å². The molecule has 0 heterocycles. The second-order valence-corrected chi connectivity index (χ2v) is 5.50. The lowest BCUT2D eigenvalue weighted by Gasteiger charge is -2.31. The monoisotopic (exact) mass is 382 g/mol. The molecular formula is C13H17Br2ClO. The molecule has 0 atom stereocenters. The maximum atomic E-state index is 6.30. The summed E-state index contributed by atoms with van der Waals surface area (Å²) >= 11 is 13.5. The Morgan fingerprint density at radius 3 is 2.41 bits per heavy atom. The summed E-state index contributed by atoms with van der Waals surface area (Å²) in [4.78, 5) is 0. The molecule has 0 aromatic heterocycles. The van der Waals surface area contributed by atoms with E-state index in [-0.39, 0.29) is 5.41 Å². The van der Waals surface area contributed by atoms with Crippen molar-refractivity contribution >= 4 is 43.5 Å². The minimum absolute atomic E-state index is 0.00644. The van der Waals surface area contributed by atoms with Crippen LogP contribution in [0.5, 0.6) is 0 Å². The highest BCUT2D eigenvalue weighted by Crippen LogP contribution is 2.36. The van der Waals surface area contributed by atoms with Gasteiger partial charge in [-0.15, -0.1) is 0 Å². The van der Waals surface area contributed by atoms with Gasteiger partial charge in [0.1, 0.15) is 0 Å². The molecule has 4 heteroatoms. The third kappa shape index (κ3) is 3.95. The van der Waals surface area contributed by atoms with Gasteiger partial charge in [-0.1, -0.05) is 61.7 Å². The predicted molar refractivity (Wildman–Crippen MR) is 81.8 cm³/mol. The first-order chi connectivity index (χ1) is 8.20. The van der Waals surface area contributed by atoms with Crippen LogP contribution in [-0.2, 0) is 10.2 Å². The van der Waals surface area contributed by atoms with Crippen LogP contribution in [0.15, 0.2) is 24.3 Å². The highest BCUT2D eigenvalue weighted by atomic mass is 79.9. The van der Waals surface area contributed by atoms with E-state index in [9.17, 15) is 0 Å². The molecular weight excluding hydrogens is 367 g/mol. The summed E-state index contributed by atoms with van der Waals surface area (Å²) in [5.74, 6) is 0. The molecule has 1 aromatic rings. The van der Waals surface area contributed by atoms with E-state index < -0.39 is 0 Å². The number of hydrogen-bond donors (Lipinski definition) is 0. The molecule has 0 aliphatic heterocycles. The topological polar surface area (TPSA) is 9.23 Å². The molecule has 1 rings (SSSR count). The van der Waals surface area contributed by atoms with Crippen LogP contribution in [-0.4, -0.2) is 23.9 Å². The van der Waals surface area contributed by atoms with Crippen molar-refractivity contribution in [2.45, 2.75) is 18.8 Å². The summed E-state index contributed by atoms with van der Waals surface area (Å²) in [6, 6.07) is 8.03. The van der Waals surface area contributed by atoms with E-state index in [1.165, 1.54) is 5.56 Å². The Balaban J connectivity index is 2.94. The molecule has 1 nitrogen and oxygen atoms in total. The van der Waals surface area contributed by atoms with Crippen LogP contribution >= 0.6 is 43.5 Å². The SMILES string of the molecule is CCOCCC(CBr)(CBr)c1ccccc1Cl. The average molecular weight is 385 g/mol. The number of hydrogen-bond acceptors (Lipinski definition) is 1. The van der Waals surface area contributed by atoms with E-state index in [2.05, 4.69) is 37.9 Å². The van der Waals surface area contributed by atoms with Crippen LogP contribution in [0, 0.1) is 0 Å². The van der Waals surface area contributed by atoms with Crippen LogP contribution < -0.4 is 0 Å². The lowest BCUT2D eigenvalue weighted by atomic mass is 9.81. The third-order valence-electron chi connectivity index (χ3n) is 2.89. The first-order valence-corrected chi connectivity index (χ1v) is 8.27. The van der Waals surface area contributed by atoms with Crippen molar-refractivity contribution in [3.05, 3.63) is 34.9 Å². The van der Waals surface area contributed by atoms with Crippen LogP contribution in [0.3, 0.4) is 0 Å². The Morgan fingerprint density at radius 1 is 1.24 bits per heavy atom. The van der Waals surface area contributed by atoms with Crippen molar-refractivity contribution in [3.63, 3.8) is 0 Å². The first-order valence-electron chi connectivity index (χ1n) is 5.65. The molecule has 17 heavy (non-hydrogen) atoms. The maximum Gasteiger partial charge on any atom is 0.0475 e. The van der Waals surface area contributed by atoms with E-state index >= 15 is 0 Å². The summed E-state index contributed by atoms with van der Waals surface area (Å²) < 4.78 is 5.47. The third-order valence-corrected chi connectivity index (χ3v) is 5.36. The maximum absolute atomic E-state index is 6.30. The molecule has 0 radical (unpaired) electrons. The van der Waals surface area contributed by atoms with Crippen molar-refractivity contribution in [1.29, 1.82) is 0 Å². The zero-order valence-electron chi connectivity index (χ0n) is 9.89. The molecule has 0 bridgehead atoms. The minimum atomic E-state index is -0.00644. The van der Waals surface area contributed by atoms with Gasteiger partial charge in [0.25, 0.3) is 0 Å². The fourth-order valence-electron chi connectivity index (χ4n) is 1.75. The lowest BCUT2D eigenvalue weighted by Crippen LogP contribution is -2.32. The zero-order chi connectivity index (χ0) is 12.7. The summed E-state index contributed by atoms with van der Waals surface area (Å²) in [5, 5.41) is 2.55. The van der Waals surface area contributed by atoms with Gasteiger partial charge in [0, 0.05) is 34.3 Å². The minimum Gasteiger partial charge on any atom is -0.382 e. The van der Waals surface area contributed by atoms with Crippen LogP contribution in [0.1, 0.15) is 18.9 Å². The standard InChI is InChI=1S/C13H17Br2ClO/c1-2-17-8-7-13(9-14,10-15)11-5-3-4-6-12(11)16/h3-6H,2,7-10H2,1H3. The van der Waals surface area contributed by atoms with Gasteiger partial charge in [-0.25, -0.2) is 0 Å². The number of alkyl halides is 2. The van der Waals surface area contributed by atoms with E-state index in [0.717, 1.165) is 35.3 Å². The summed E-state index contributed by atoms with van der Waals surface area (Å²) in [7, 11) is 0. The Labute approximate surface area is 125 Å². The van der Waals surface area contributed by atoms with Crippen molar-refractivity contribution in [2.24, 2.45) is 0 Å². The Hall–Kier alpha value is 0.430. The van der Waals surface area contributed by atoms with Gasteiger partial charge in [-0.2, -0.15) is 0 Å². The zero-order valence-corrected chi connectivity index (χ0v) is 13.8. The van der Waals surface area contributed by atoms with Crippen LogP contribution in [0.4, 0.5) is 0 Å². The number of benzene rings is 1. The van der Waals surface area contributed by atoms with Crippen molar-refractivity contribution in [1.82, 2.24) is 0 Å². The van der Waals surface area contributed by atoms with Crippen molar-refractivity contribution in [2.75, 3.05) is 23.9 Å². The Kier molecular flexibility index (Phi) is 7.08. The number of ether oxygens (including phenoxy) is 1. The second kappa shape index (κ2) is 7.78. The molecule has 0 saturated carbocycles. The molecule has 0 saturated heterocycles. The highest BCUT2D eigenvalue weighted by molar-refractivity contribution is 9.09. The molecule has 0 aliphatic rings. The van der Waals surface area contributed by atoms with Crippen molar-refractivity contribution < 1.29 is 4.74 Å². The second-order valence-electron chi connectivity index (χ2n) is 3.97. The fourth-order valence-corrected chi connectivity index (χ4v) is 4.18. The van der Waals surface area contributed by atoms with Gasteiger partial charge in [-0.05, 0) is 25.0 Å². The molecule has 1 aromatic carbocycles. The van der Waals surface area contributed by atoms with Crippen molar-refractivity contribution in [3.8, 4) is 0 Å². The van der Waals surface area contributed by atoms with E-state index in [1.54, 1.807) is 0 Å². The van der Waals surface area contributed by atoms with E-state index in [1.807, 2.05) is 25.1 Å². The Morgan fingerprint density at radius 2 is 1.88 bits per heavy atom. The molecule has 0 spiro atoms. The summed E-state index contributed by atoms with van der Waals surface area (Å²) in [6.07, 6.45) is 0.946. The molecule has 96 valence electrons. The number of rotatable bonds is 7. The van der Waals surface area contributed by atoms with Gasteiger partial charge in [0.05, 0.1) is 0 Å². The van der Waals surface area contributed by atoms with Gasteiger partial charge >= 0.3 is 0 Å². The molecule has 0 amide bonds. The van der Waals surface area contributed by atoms with Gasteiger partial charge < -0.3 is 4.74 Å². The largest absolute Gasteiger partial charge is 0.382 e. The average Bonchev–Trinajstić information content (AvgIpc) is 2.36. The summed E-state index contributed by atoms with van der Waals surface area (Å²) in [5.41, 5.74) is 1.17. The van der Waals surface area contributed by atoms with E-state index in [0.29, 0.717) is 0 Å². The van der Waals surface area contributed by atoms with E-state index in [4.69, 9.17) is 16.3 Å². The highest BCUT2D eigenvalue weighted by Gasteiger charge is 2.31. The fraction of sp³-hybridized carbons (Fsp3) is 0.538. The van der Waals surface area contributed by atoms with Gasteiger partial charge in [-0.3, -0.25) is 0 Å². The molecule has 0 unspecified atom stereocenters. The molecule has 0 N–H and O–H groups in total. The lowest BCUT2D eigenvalue weighted by molar-refractivity contribution is 0.131. The van der Waals surface area contributed by atoms with Crippen LogP contribution in [0.2, 0.25) is 5.02 Å². The Bertz CT molecular complexity index is 340. The quantitative estimate of drug-likeness (QED) is 0.485. The van der Waals surface area contributed by atoms with Gasteiger partial charge in [0.15, 0.2) is 0 Å².